The lowest BCUT2D eigenvalue weighted by Gasteiger charge is -2.34. The van der Waals surface area contributed by atoms with Gasteiger partial charge in [0.25, 0.3) is 0 Å². The summed E-state index contributed by atoms with van der Waals surface area (Å²) in [5, 5.41) is 11.4. The van der Waals surface area contributed by atoms with Gasteiger partial charge in [0.05, 0.1) is 24.2 Å². The molecule has 7 nitrogen and oxygen atoms in total. The molecular formula is C15H16N2O5S. The Kier molecular flexibility index (Phi) is 4.53. The zero-order valence-electron chi connectivity index (χ0n) is 12.2. The number of nitrogens with one attached hydrogen (secondary N) is 1. The van der Waals surface area contributed by atoms with E-state index in [-0.39, 0.29) is 31.4 Å². The van der Waals surface area contributed by atoms with E-state index in [1.54, 1.807) is 6.07 Å². The van der Waals surface area contributed by atoms with Crippen molar-refractivity contribution in [3.8, 4) is 0 Å². The monoisotopic (exact) mass is 336 g/mol. The van der Waals surface area contributed by atoms with Crippen molar-refractivity contribution in [3.05, 3.63) is 24.3 Å². The summed E-state index contributed by atoms with van der Waals surface area (Å²) in [5.41, 5.74) is 0.737. The average Bonchev–Trinajstić information content (AvgIpc) is 2.55. The van der Waals surface area contributed by atoms with Crippen LogP contribution in [0.1, 0.15) is 6.42 Å². The van der Waals surface area contributed by atoms with Gasteiger partial charge < -0.3 is 20.1 Å². The van der Waals surface area contributed by atoms with E-state index in [1.165, 1.54) is 16.7 Å². The van der Waals surface area contributed by atoms with Gasteiger partial charge in [-0.2, -0.15) is 0 Å². The second kappa shape index (κ2) is 6.59. The first-order valence-electron chi connectivity index (χ1n) is 7.23. The molecule has 0 aliphatic carbocycles. The molecule has 0 saturated carbocycles. The van der Waals surface area contributed by atoms with Gasteiger partial charge in [-0.15, -0.1) is 11.8 Å². The zero-order chi connectivity index (χ0) is 16.4. The molecule has 2 aliphatic rings. The third-order valence-corrected chi connectivity index (χ3v) is 5.08. The fraction of sp³-hybridized carbons (Fsp3) is 0.400. The Bertz CT molecular complexity index is 651. The highest BCUT2D eigenvalue weighted by Gasteiger charge is 2.36. The number of hydrogen-bond acceptors (Lipinski definition) is 5. The molecule has 0 aromatic heterocycles. The molecule has 2 amide bonds. The van der Waals surface area contributed by atoms with Crippen molar-refractivity contribution in [1.29, 1.82) is 0 Å². The number of thioether (sulfide) groups is 1. The van der Waals surface area contributed by atoms with Crippen molar-refractivity contribution in [3.63, 3.8) is 0 Å². The number of carboxylic acids is 1. The number of anilines is 1. The first-order valence-corrected chi connectivity index (χ1v) is 8.11. The van der Waals surface area contributed by atoms with Crippen LogP contribution in [0.15, 0.2) is 29.2 Å². The molecule has 0 radical (unpaired) electrons. The van der Waals surface area contributed by atoms with Gasteiger partial charge in [-0.3, -0.25) is 9.59 Å². The molecule has 122 valence electrons. The summed E-state index contributed by atoms with van der Waals surface area (Å²) in [6.07, 6.45) is -0.0331. The standard InChI is InChI=1S/C15H16N2O5S/c18-13(17-5-6-22-8-10(17)15(20)21)7-12-14(19)16-9-3-1-2-4-11(9)23-12/h1-4,10,12H,5-8H2,(H,16,19)(H,20,21)/t10-,12-/m1/s1. The van der Waals surface area contributed by atoms with Gasteiger partial charge in [-0.1, -0.05) is 12.1 Å². The number of amides is 2. The van der Waals surface area contributed by atoms with E-state index in [9.17, 15) is 19.5 Å². The third kappa shape index (κ3) is 3.32. The minimum atomic E-state index is -1.09. The Labute approximate surface area is 137 Å². The summed E-state index contributed by atoms with van der Waals surface area (Å²) < 4.78 is 5.12. The van der Waals surface area contributed by atoms with Crippen LogP contribution >= 0.6 is 11.8 Å². The number of carboxylic acid groups (broad SMARTS) is 1. The summed E-state index contributed by atoms with van der Waals surface area (Å²) in [5.74, 6) is -1.67. The fourth-order valence-electron chi connectivity index (χ4n) is 2.61. The summed E-state index contributed by atoms with van der Waals surface area (Å²) in [4.78, 5) is 38.0. The van der Waals surface area contributed by atoms with Crippen LogP contribution in [0.3, 0.4) is 0 Å². The van der Waals surface area contributed by atoms with Crippen LogP contribution in [-0.2, 0) is 19.1 Å². The van der Waals surface area contributed by atoms with Gasteiger partial charge in [-0.05, 0) is 12.1 Å². The Morgan fingerprint density at radius 2 is 2.17 bits per heavy atom. The maximum absolute atomic E-state index is 12.5. The predicted octanol–water partition coefficient (Wildman–Crippen LogP) is 0.801. The Balaban J connectivity index is 1.70. The molecule has 23 heavy (non-hydrogen) atoms. The van der Waals surface area contributed by atoms with Crippen LogP contribution in [0, 0.1) is 0 Å². The van der Waals surface area contributed by atoms with Crippen molar-refractivity contribution < 1.29 is 24.2 Å². The van der Waals surface area contributed by atoms with Crippen molar-refractivity contribution in [2.24, 2.45) is 0 Å². The molecule has 1 saturated heterocycles. The zero-order valence-corrected chi connectivity index (χ0v) is 13.0. The van der Waals surface area contributed by atoms with E-state index in [2.05, 4.69) is 5.32 Å². The first-order chi connectivity index (χ1) is 11.1. The summed E-state index contributed by atoms with van der Waals surface area (Å²) in [6, 6.07) is 6.40. The molecular weight excluding hydrogens is 320 g/mol. The second-order valence-corrected chi connectivity index (χ2v) is 6.56. The summed E-state index contributed by atoms with van der Waals surface area (Å²) in [6.45, 7) is 0.516. The number of aliphatic carboxylic acids is 1. The number of morpholine rings is 1. The van der Waals surface area contributed by atoms with Crippen molar-refractivity contribution >= 4 is 35.2 Å². The van der Waals surface area contributed by atoms with E-state index in [0.29, 0.717) is 6.61 Å². The number of rotatable bonds is 3. The molecule has 2 aliphatic heterocycles. The minimum Gasteiger partial charge on any atom is -0.480 e. The molecule has 0 unspecified atom stereocenters. The molecule has 2 N–H and O–H groups in total. The van der Waals surface area contributed by atoms with E-state index in [1.807, 2.05) is 18.2 Å². The topological polar surface area (TPSA) is 95.9 Å². The van der Waals surface area contributed by atoms with Crippen LogP contribution in [-0.4, -0.2) is 58.8 Å². The number of para-hydroxylation sites is 1. The first kappa shape index (κ1) is 15.8. The van der Waals surface area contributed by atoms with Gasteiger partial charge in [0.15, 0.2) is 6.04 Å². The van der Waals surface area contributed by atoms with Gasteiger partial charge in [0.2, 0.25) is 11.8 Å². The Morgan fingerprint density at radius 3 is 2.96 bits per heavy atom. The predicted molar refractivity (Wildman–Crippen MR) is 83.3 cm³/mol. The molecule has 1 aromatic rings. The van der Waals surface area contributed by atoms with Gasteiger partial charge in [0.1, 0.15) is 0 Å². The Hall–Kier alpha value is -2.06. The third-order valence-electron chi connectivity index (χ3n) is 3.80. The number of carbonyl (C=O) groups excluding carboxylic acids is 2. The maximum Gasteiger partial charge on any atom is 0.328 e. The van der Waals surface area contributed by atoms with E-state index in [4.69, 9.17) is 4.74 Å². The maximum atomic E-state index is 12.5. The molecule has 8 heteroatoms. The fourth-order valence-corrected chi connectivity index (χ4v) is 3.71. The molecule has 3 rings (SSSR count). The molecule has 0 bridgehead atoms. The average molecular weight is 336 g/mol. The van der Waals surface area contributed by atoms with E-state index < -0.39 is 17.3 Å². The smallest absolute Gasteiger partial charge is 0.328 e. The van der Waals surface area contributed by atoms with Crippen LogP contribution in [0.4, 0.5) is 5.69 Å². The van der Waals surface area contributed by atoms with Crippen molar-refractivity contribution in [2.75, 3.05) is 25.1 Å². The SMILES string of the molecule is O=C(O)[C@H]1COCCN1C(=O)C[C@H]1Sc2ccccc2NC1=O. The number of carbonyl (C=O) groups is 3. The number of hydrogen-bond donors (Lipinski definition) is 2. The largest absolute Gasteiger partial charge is 0.480 e. The van der Waals surface area contributed by atoms with Crippen LogP contribution in [0.5, 0.6) is 0 Å². The summed E-state index contributed by atoms with van der Waals surface area (Å²) in [7, 11) is 0. The van der Waals surface area contributed by atoms with Crippen molar-refractivity contribution in [2.45, 2.75) is 22.6 Å². The van der Waals surface area contributed by atoms with Crippen LogP contribution < -0.4 is 5.32 Å². The highest BCUT2D eigenvalue weighted by molar-refractivity contribution is 8.01. The van der Waals surface area contributed by atoms with Crippen LogP contribution in [0.25, 0.3) is 0 Å². The van der Waals surface area contributed by atoms with E-state index in [0.717, 1.165) is 10.6 Å². The number of nitrogens with zero attached hydrogens (tertiary/aromatic N) is 1. The molecule has 1 aromatic carbocycles. The lowest BCUT2D eigenvalue weighted by atomic mass is 10.1. The number of benzene rings is 1. The van der Waals surface area contributed by atoms with E-state index >= 15 is 0 Å². The molecule has 0 spiro atoms. The molecule has 1 fully saturated rings. The van der Waals surface area contributed by atoms with Crippen molar-refractivity contribution in [1.82, 2.24) is 4.90 Å². The van der Waals surface area contributed by atoms with Crippen LogP contribution in [0.2, 0.25) is 0 Å². The second-order valence-electron chi connectivity index (χ2n) is 5.31. The minimum absolute atomic E-state index is 0.0199. The molecule has 2 atom stereocenters. The highest BCUT2D eigenvalue weighted by Crippen LogP contribution is 2.36. The Morgan fingerprint density at radius 1 is 1.39 bits per heavy atom. The quantitative estimate of drug-likeness (QED) is 0.848. The van der Waals surface area contributed by atoms with Gasteiger partial charge >= 0.3 is 5.97 Å². The highest BCUT2D eigenvalue weighted by atomic mass is 32.2. The van der Waals surface area contributed by atoms with Gasteiger partial charge in [0, 0.05) is 17.9 Å². The lowest BCUT2D eigenvalue weighted by molar-refractivity contribution is -0.158. The summed E-state index contributed by atoms with van der Waals surface area (Å²) >= 11 is 1.33. The molecule has 2 heterocycles. The van der Waals surface area contributed by atoms with Gasteiger partial charge in [-0.25, -0.2) is 4.79 Å². The number of ether oxygens (including phenoxy) is 1. The normalized spacial score (nSPS) is 23.8. The number of fused-ring (bicyclic) bond motifs is 1. The lowest BCUT2D eigenvalue weighted by Crippen LogP contribution is -2.53.